The van der Waals surface area contributed by atoms with Crippen LogP contribution < -0.4 is 11.3 Å². The topological polar surface area (TPSA) is 109 Å². The molecule has 4 aromatic rings. The van der Waals surface area contributed by atoms with Gasteiger partial charge >= 0.3 is 0 Å². The maximum Gasteiger partial charge on any atom is 0.263 e. The van der Waals surface area contributed by atoms with Crippen LogP contribution in [0.2, 0.25) is 0 Å². The zero-order chi connectivity index (χ0) is 28.1. The minimum absolute atomic E-state index is 0.109. The lowest BCUT2D eigenvalue weighted by atomic mass is 9.93. The summed E-state index contributed by atoms with van der Waals surface area (Å²) < 4.78 is 16.0. The lowest BCUT2D eigenvalue weighted by Crippen LogP contribution is -2.42. The van der Waals surface area contributed by atoms with Gasteiger partial charge in [-0.15, -0.1) is 0 Å². The van der Waals surface area contributed by atoms with Crippen molar-refractivity contribution in [2.24, 2.45) is 26.7 Å². The van der Waals surface area contributed by atoms with Crippen LogP contribution in [0.3, 0.4) is 0 Å². The van der Waals surface area contributed by atoms with Crippen LogP contribution >= 0.6 is 0 Å². The van der Waals surface area contributed by atoms with E-state index in [0.717, 1.165) is 34.0 Å². The van der Waals surface area contributed by atoms with E-state index < -0.39 is 17.9 Å². The van der Waals surface area contributed by atoms with Crippen LogP contribution in [0.5, 0.6) is 5.75 Å². The molecule has 2 aliphatic heterocycles. The molecule has 9 heteroatoms. The summed E-state index contributed by atoms with van der Waals surface area (Å²) in [4.78, 5) is 22.9. The molecule has 0 fully saturated rings. The average Bonchev–Trinajstić information content (AvgIpc) is 3.28. The predicted molar refractivity (Wildman–Crippen MR) is 156 cm³/mol. The van der Waals surface area contributed by atoms with Crippen molar-refractivity contribution in [3.05, 3.63) is 105 Å². The fourth-order valence-corrected chi connectivity index (χ4v) is 5.68. The van der Waals surface area contributed by atoms with Crippen LogP contribution in [-0.4, -0.2) is 38.7 Å². The second-order valence-corrected chi connectivity index (χ2v) is 10.5. The normalized spacial score (nSPS) is 18.3. The van der Waals surface area contributed by atoms with Gasteiger partial charge in [-0.05, 0) is 53.6 Å². The van der Waals surface area contributed by atoms with Gasteiger partial charge in [0.1, 0.15) is 29.7 Å². The molecule has 3 N–H and O–H groups in total. The van der Waals surface area contributed by atoms with Crippen LogP contribution in [0.1, 0.15) is 42.1 Å². The highest BCUT2D eigenvalue weighted by atomic mass is 19.1. The number of benzene rings is 3. The van der Waals surface area contributed by atoms with Crippen molar-refractivity contribution in [1.29, 1.82) is 0 Å². The van der Waals surface area contributed by atoms with Crippen LogP contribution in [0, 0.1) is 18.7 Å². The van der Waals surface area contributed by atoms with Gasteiger partial charge in [-0.2, -0.15) is 5.10 Å². The molecule has 3 aromatic carbocycles. The first kappa shape index (κ1) is 25.5. The van der Waals surface area contributed by atoms with Gasteiger partial charge in [0.05, 0.1) is 23.3 Å². The number of phenols is 1. The Labute approximate surface area is 230 Å². The first-order valence-corrected chi connectivity index (χ1v) is 13.2. The standard InChI is InChI=1S/C31H29FN6O2/c1-17(2)24-9-4-5-10-25(24)38-22(12-19-8-6-7-18(3)26(19)31(38)40)15-37-30-27(29(33)34-16-35-30)28(36-37)20-11-21(32)14-23(39)13-20/h4-14,16-17,27,30,39H,15H2,1-3H3,(H2,33,34,35). The highest BCUT2D eigenvalue weighted by Gasteiger charge is 2.42. The minimum Gasteiger partial charge on any atom is -0.508 e. The van der Waals surface area contributed by atoms with Gasteiger partial charge in [-0.3, -0.25) is 14.4 Å². The summed E-state index contributed by atoms with van der Waals surface area (Å²) in [5.41, 5.74) is 10.5. The highest BCUT2D eigenvalue weighted by molar-refractivity contribution is 6.17. The second-order valence-electron chi connectivity index (χ2n) is 10.5. The number of hydrogen-bond donors (Lipinski definition) is 2. The summed E-state index contributed by atoms with van der Waals surface area (Å²) in [5.74, 6) is -0.874. The van der Waals surface area contributed by atoms with Gasteiger partial charge in [0.2, 0.25) is 0 Å². The number of hydrazone groups is 1. The summed E-state index contributed by atoms with van der Waals surface area (Å²) in [6.45, 7) is 6.37. The smallest absolute Gasteiger partial charge is 0.263 e. The van der Waals surface area contributed by atoms with Crippen molar-refractivity contribution in [3.8, 4) is 11.4 Å². The Morgan fingerprint density at radius 3 is 2.65 bits per heavy atom. The lowest BCUT2D eigenvalue weighted by Gasteiger charge is -2.27. The number of aliphatic imine (C=N–C) groups is 2. The molecule has 0 saturated carbocycles. The van der Waals surface area contributed by atoms with E-state index in [4.69, 9.17) is 10.8 Å². The van der Waals surface area contributed by atoms with Crippen LogP contribution in [0.15, 0.2) is 86.6 Å². The van der Waals surface area contributed by atoms with Gasteiger partial charge in [-0.1, -0.05) is 50.2 Å². The lowest BCUT2D eigenvalue weighted by molar-refractivity contribution is 0.210. The van der Waals surface area contributed by atoms with E-state index in [2.05, 4.69) is 23.8 Å². The Hall–Kier alpha value is -4.79. The molecule has 202 valence electrons. The number of nitrogens with two attached hydrogens (primary N) is 1. The maximum atomic E-state index is 14.3. The molecule has 0 bridgehead atoms. The van der Waals surface area contributed by atoms with Crippen molar-refractivity contribution in [1.82, 2.24) is 9.58 Å². The van der Waals surface area contributed by atoms with E-state index >= 15 is 0 Å². The number of aromatic nitrogens is 1. The van der Waals surface area contributed by atoms with E-state index in [1.54, 1.807) is 9.58 Å². The monoisotopic (exact) mass is 536 g/mol. The molecule has 6 rings (SSSR count). The third-order valence-electron chi connectivity index (χ3n) is 7.51. The number of halogens is 1. The number of fused-ring (bicyclic) bond motifs is 2. The van der Waals surface area contributed by atoms with Crippen molar-refractivity contribution in [2.45, 2.75) is 39.4 Å². The third kappa shape index (κ3) is 4.23. The number of nitrogens with zero attached hydrogens (tertiary/aromatic N) is 5. The molecule has 0 amide bonds. The summed E-state index contributed by atoms with van der Waals surface area (Å²) in [6, 6.07) is 19.5. The van der Waals surface area contributed by atoms with Gasteiger partial charge in [0.25, 0.3) is 5.56 Å². The molecule has 2 atom stereocenters. The zero-order valence-electron chi connectivity index (χ0n) is 22.4. The van der Waals surface area contributed by atoms with Crippen LogP contribution in [-0.2, 0) is 6.54 Å². The van der Waals surface area contributed by atoms with Gasteiger partial charge < -0.3 is 10.8 Å². The molecular formula is C31H29FN6O2. The van der Waals surface area contributed by atoms with Crippen molar-refractivity contribution in [3.63, 3.8) is 0 Å². The molecule has 2 aliphatic rings. The molecule has 1 aromatic heterocycles. The fraction of sp³-hybridized carbons (Fsp3) is 0.226. The number of pyridine rings is 1. The average molecular weight is 537 g/mol. The number of rotatable bonds is 5. The number of hydrogen-bond acceptors (Lipinski definition) is 7. The number of aryl methyl sites for hydroxylation is 1. The van der Waals surface area contributed by atoms with Gasteiger partial charge in [-0.25, -0.2) is 14.4 Å². The Morgan fingerprint density at radius 1 is 1.07 bits per heavy atom. The zero-order valence-corrected chi connectivity index (χ0v) is 22.4. The first-order chi connectivity index (χ1) is 19.2. The van der Waals surface area contributed by atoms with Crippen LogP contribution in [0.25, 0.3) is 16.5 Å². The molecular weight excluding hydrogens is 507 g/mol. The van der Waals surface area contributed by atoms with Crippen molar-refractivity contribution >= 4 is 28.7 Å². The number of para-hydroxylation sites is 1. The number of amidine groups is 1. The first-order valence-electron chi connectivity index (χ1n) is 13.2. The predicted octanol–water partition coefficient (Wildman–Crippen LogP) is 4.83. The number of phenolic OH excluding ortho intramolecular Hbond substituents is 1. The van der Waals surface area contributed by atoms with Crippen molar-refractivity contribution in [2.75, 3.05) is 0 Å². The largest absolute Gasteiger partial charge is 0.508 e. The van der Waals surface area contributed by atoms with E-state index in [-0.39, 0.29) is 23.8 Å². The van der Waals surface area contributed by atoms with Crippen LogP contribution in [0.4, 0.5) is 4.39 Å². The molecule has 8 nitrogen and oxygen atoms in total. The maximum absolute atomic E-state index is 14.3. The second kappa shape index (κ2) is 9.75. The Morgan fingerprint density at radius 2 is 1.88 bits per heavy atom. The molecule has 2 unspecified atom stereocenters. The summed E-state index contributed by atoms with van der Waals surface area (Å²) in [6.07, 6.45) is 0.852. The Bertz CT molecular complexity index is 1790. The molecule has 3 heterocycles. The molecule has 0 spiro atoms. The van der Waals surface area contributed by atoms with E-state index in [0.29, 0.717) is 22.5 Å². The highest BCUT2D eigenvalue weighted by Crippen LogP contribution is 2.33. The molecule has 0 radical (unpaired) electrons. The summed E-state index contributed by atoms with van der Waals surface area (Å²) in [5, 5.41) is 18.2. The number of aromatic hydroxyl groups is 1. The fourth-order valence-electron chi connectivity index (χ4n) is 5.68. The summed E-state index contributed by atoms with van der Waals surface area (Å²) in [7, 11) is 0. The van der Waals surface area contributed by atoms with Gasteiger partial charge in [0, 0.05) is 17.3 Å². The minimum atomic E-state index is -0.591. The summed E-state index contributed by atoms with van der Waals surface area (Å²) >= 11 is 0. The SMILES string of the molecule is Cc1cccc2cc(CN3N=C(c4cc(O)cc(F)c4)C4C(N)=NC=NC43)n(-c3ccccc3C(C)C)c(=O)c12. The van der Waals surface area contributed by atoms with Gasteiger partial charge in [0.15, 0.2) is 6.17 Å². The Balaban J connectivity index is 1.55. The van der Waals surface area contributed by atoms with E-state index in [1.165, 1.54) is 18.5 Å². The Kier molecular flexibility index (Phi) is 6.21. The van der Waals surface area contributed by atoms with E-state index in [1.807, 2.05) is 55.5 Å². The third-order valence-corrected chi connectivity index (χ3v) is 7.51. The van der Waals surface area contributed by atoms with E-state index in [9.17, 15) is 14.3 Å². The molecule has 40 heavy (non-hydrogen) atoms. The molecule has 0 saturated heterocycles. The quantitative estimate of drug-likeness (QED) is 0.381. The van der Waals surface area contributed by atoms with Crippen molar-refractivity contribution < 1.29 is 9.50 Å². The molecule has 0 aliphatic carbocycles.